The van der Waals surface area contributed by atoms with E-state index < -0.39 is 0 Å². The highest BCUT2D eigenvalue weighted by Crippen LogP contribution is 2.19. The van der Waals surface area contributed by atoms with E-state index in [1.807, 2.05) is 19.1 Å². The largest absolute Gasteiger partial charge is 0.493 e. The molecule has 0 bridgehead atoms. The third kappa shape index (κ3) is 4.50. The quantitative estimate of drug-likeness (QED) is 0.598. The van der Waals surface area contributed by atoms with Gasteiger partial charge in [-0.15, -0.1) is 11.8 Å². The van der Waals surface area contributed by atoms with Crippen LogP contribution in [0.2, 0.25) is 0 Å². The van der Waals surface area contributed by atoms with E-state index in [2.05, 4.69) is 29.3 Å². The second kappa shape index (κ2) is 6.32. The first-order valence-corrected chi connectivity index (χ1v) is 6.23. The predicted molar refractivity (Wildman–Crippen MR) is 69.9 cm³/mol. The Morgan fingerprint density at radius 3 is 2.71 bits per heavy atom. The van der Waals surface area contributed by atoms with Crippen LogP contribution >= 0.6 is 0 Å². The van der Waals surface area contributed by atoms with Crippen LogP contribution in [0.15, 0.2) is 24.3 Å². The summed E-state index contributed by atoms with van der Waals surface area (Å²) in [6, 6.07) is 9.07. The molecule has 1 fully saturated rings. The van der Waals surface area contributed by atoms with E-state index in [-0.39, 0.29) is 0 Å². The van der Waals surface area contributed by atoms with Crippen LogP contribution in [0.4, 0.5) is 0 Å². The molecule has 2 heteroatoms. The van der Waals surface area contributed by atoms with Gasteiger partial charge in [0.2, 0.25) is 0 Å². The van der Waals surface area contributed by atoms with E-state index in [1.54, 1.807) is 0 Å². The van der Waals surface area contributed by atoms with Crippen LogP contribution in [0.1, 0.15) is 31.7 Å². The topological polar surface area (TPSA) is 21.3 Å². The van der Waals surface area contributed by atoms with Gasteiger partial charge in [-0.2, -0.15) is 0 Å². The summed E-state index contributed by atoms with van der Waals surface area (Å²) in [6.07, 6.45) is 3.46. The number of rotatable bonds is 6. The molecule has 0 heterocycles. The Kier molecular flexibility index (Phi) is 4.46. The molecule has 0 aliphatic heterocycles. The molecule has 90 valence electrons. The lowest BCUT2D eigenvalue weighted by Gasteiger charge is -2.06. The first-order chi connectivity index (χ1) is 8.38. The van der Waals surface area contributed by atoms with Crippen LogP contribution in [-0.4, -0.2) is 12.6 Å². The van der Waals surface area contributed by atoms with Crippen molar-refractivity contribution in [1.82, 2.24) is 5.32 Å². The van der Waals surface area contributed by atoms with E-state index in [0.717, 1.165) is 24.8 Å². The maximum absolute atomic E-state index is 5.58. The van der Waals surface area contributed by atoms with Gasteiger partial charge >= 0.3 is 0 Å². The van der Waals surface area contributed by atoms with Gasteiger partial charge in [-0.25, -0.2) is 0 Å². The smallest absolute Gasteiger partial charge is 0.119 e. The zero-order valence-electron chi connectivity index (χ0n) is 10.3. The van der Waals surface area contributed by atoms with Crippen LogP contribution in [0, 0.1) is 11.8 Å². The van der Waals surface area contributed by atoms with Crippen molar-refractivity contribution >= 4 is 0 Å². The zero-order chi connectivity index (χ0) is 11.9. The molecule has 0 aromatic heterocycles. The third-order valence-electron chi connectivity index (χ3n) is 2.77. The Morgan fingerprint density at radius 2 is 2.06 bits per heavy atom. The standard InChI is InChI=1S/C15H19NO/c1-2-3-4-11-17-15-9-5-13(6-10-15)12-16-14-7-8-14/h5-6,9-10,14,16H,4,7-8,11-12H2,1H3. The molecule has 2 rings (SSSR count). The molecule has 17 heavy (non-hydrogen) atoms. The molecule has 1 aliphatic carbocycles. The molecule has 0 saturated heterocycles. The van der Waals surface area contributed by atoms with Crippen molar-refractivity contribution in [2.24, 2.45) is 0 Å². The lowest BCUT2D eigenvalue weighted by Crippen LogP contribution is -2.15. The summed E-state index contributed by atoms with van der Waals surface area (Å²) in [5.74, 6) is 6.77. The van der Waals surface area contributed by atoms with Crippen molar-refractivity contribution in [3.05, 3.63) is 29.8 Å². The third-order valence-corrected chi connectivity index (χ3v) is 2.77. The minimum Gasteiger partial charge on any atom is -0.493 e. The molecule has 0 radical (unpaired) electrons. The fourth-order valence-corrected chi connectivity index (χ4v) is 1.60. The Bertz CT molecular complexity index is 395. The van der Waals surface area contributed by atoms with Crippen LogP contribution in [-0.2, 0) is 6.54 Å². The maximum Gasteiger partial charge on any atom is 0.119 e. The predicted octanol–water partition coefficient (Wildman–Crippen LogP) is 2.73. The van der Waals surface area contributed by atoms with Crippen molar-refractivity contribution < 1.29 is 4.74 Å². The lowest BCUT2D eigenvalue weighted by molar-refractivity contribution is 0.327. The van der Waals surface area contributed by atoms with Crippen molar-refractivity contribution in [2.75, 3.05) is 6.61 Å². The molecule has 2 nitrogen and oxygen atoms in total. The van der Waals surface area contributed by atoms with Gasteiger partial charge in [-0.1, -0.05) is 12.1 Å². The van der Waals surface area contributed by atoms with E-state index in [4.69, 9.17) is 4.74 Å². The van der Waals surface area contributed by atoms with Crippen LogP contribution in [0.5, 0.6) is 5.75 Å². The normalized spacial score (nSPS) is 13.9. The average Bonchev–Trinajstić information content (AvgIpc) is 3.18. The summed E-state index contributed by atoms with van der Waals surface area (Å²) in [5, 5.41) is 3.49. The van der Waals surface area contributed by atoms with E-state index in [9.17, 15) is 0 Å². The van der Waals surface area contributed by atoms with E-state index >= 15 is 0 Å². The number of hydrogen-bond donors (Lipinski definition) is 1. The number of benzene rings is 1. The molecule has 1 aliphatic rings. The van der Waals surface area contributed by atoms with Gasteiger partial charge in [0.25, 0.3) is 0 Å². The van der Waals surface area contributed by atoms with Crippen molar-refractivity contribution in [1.29, 1.82) is 0 Å². The Balaban J connectivity index is 1.73. The average molecular weight is 229 g/mol. The van der Waals surface area contributed by atoms with Gasteiger partial charge in [-0.05, 0) is 37.5 Å². The zero-order valence-corrected chi connectivity index (χ0v) is 10.3. The van der Waals surface area contributed by atoms with Crippen molar-refractivity contribution in [3.63, 3.8) is 0 Å². The summed E-state index contributed by atoms with van der Waals surface area (Å²) in [5.41, 5.74) is 1.32. The first-order valence-electron chi connectivity index (χ1n) is 6.23. The van der Waals surface area contributed by atoms with Crippen molar-refractivity contribution in [3.8, 4) is 17.6 Å². The first kappa shape index (κ1) is 12.0. The summed E-state index contributed by atoms with van der Waals surface area (Å²) in [4.78, 5) is 0. The van der Waals surface area contributed by atoms with Gasteiger partial charge < -0.3 is 10.1 Å². The minimum atomic E-state index is 0.667. The highest BCUT2D eigenvalue weighted by Gasteiger charge is 2.19. The highest BCUT2D eigenvalue weighted by atomic mass is 16.5. The van der Waals surface area contributed by atoms with Crippen LogP contribution in [0.3, 0.4) is 0 Å². The van der Waals surface area contributed by atoms with E-state index in [0.29, 0.717) is 6.61 Å². The molecule has 0 unspecified atom stereocenters. The molecule has 0 spiro atoms. The van der Waals surface area contributed by atoms with Crippen LogP contribution < -0.4 is 10.1 Å². The van der Waals surface area contributed by atoms with Gasteiger partial charge in [0.15, 0.2) is 0 Å². The van der Waals surface area contributed by atoms with Gasteiger partial charge in [-0.3, -0.25) is 0 Å². The maximum atomic E-state index is 5.58. The number of nitrogens with one attached hydrogen (secondary N) is 1. The Morgan fingerprint density at radius 1 is 1.29 bits per heavy atom. The Labute approximate surface area is 103 Å². The fourth-order valence-electron chi connectivity index (χ4n) is 1.60. The molecule has 1 N–H and O–H groups in total. The molecular weight excluding hydrogens is 210 g/mol. The van der Waals surface area contributed by atoms with E-state index in [1.165, 1.54) is 18.4 Å². The molecule has 0 amide bonds. The molecule has 1 saturated carbocycles. The summed E-state index contributed by atoms with van der Waals surface area (Å²) >= 11 is 0. The molecule has 0 atom stereocenters. The summed E-state index contributed by atoms with van der Waals surface area (Å²) in [7, 11) is 0. The second-order valence-electron chi connectivity index (χ2n) is 4.32. The molecule has 1 aromatic rings. The summed E-state index contributed by atoms with van der Waals surface area (Å²) in [6.45, 7) is 3.48. The monoisotopic (exact) mass is 229 g/mol. The number of hydrogen-bond acceptors (Lipinski definition) is 2. The second-order valence-corrected chi connectivity index (χ2v) is 4.32. The number of ether oxygens (including phenoxy) is 1. The highest BCUT2D eigenvalue weighted by molar-refractivity contribution is 5.27. The minimum absolute atomic E-state index is 0.667. The fraction of sp³-hybridized carbons (Fsp3) is 0.467. The summed E-state index contributed by atoms with van der Waals surface area (Å²) < 4.78 is 5.58. The van der Waals surface area contributed by atoms with Gasteiger partial charge in [0, 0.05) is 19.0 Å². The lowest BCUT2D eigenvalue weighted by atomic mass is 10.2. The van der Waals surface area contributed by atoms with Crippen LogP contribution in [0.25, 0.3) is 0 Å². The van der Waals surface area contributed by atoms with Gasteiger partial charge in [0.05, 0.1) is 6.61 Å². The Hall–Kier alpha value is -1.46. The SMILES string of the molecule is CC#CCCOc1ccc(CNC2CC2)cc1. The molecule has 1 aromatic carbocycles. The van der Waals surface area contributed by atoms with Crippen molar-refractivity contribution in [2.45, 2.75) is 38.8 Å². The van der Waals surface area contributed by atoms with Gasteiger partial charge in [0.1, 0.15) is 5.75 Å². The molecular formula is C15H19NO.